The van der Waals surface area contributed by atoms with Gasteiger partial charge in [0.2, 0.25) is 5.91 Å². The van der Waals surface area contributed by atoms with Crippen molar-refractivity contribution >= 4 is 5.91 Å². The fraction of sp³-hybridized carbons (Fsp3) is 0.889. The topological polar surface area (TPSA) is 41.1 Å². The number of carbonyl (C=O) groups is 1. The van der Waals surface area contributed by atoms with Crippen LogP contribution in [0.3, 0.4) is 0 Å². The summed E-state index contributed by atoms with van der Waals surface area (Å²) in [5.74, 6) is 0.157. The van der Waals surface area contributed by atoms with Gasteiger partial charge in [-0.2, -0.15) is 0 Å². The highest BCUT2D eigenvalue weighted by Crippen LogP contribution is 2.06. The van der Waals surface area contributed by atoms with Crippen LogP contribution in [0, 0.1) is 0 Å². The van der Waals surface area contributed by atoms with Gasteiger partial charge in [0.25, 0.3) is 0 Å². The molecule has 0 spiro atoms. The highest BCUT2D eigenvalue weighted by molar-refractivity contribution is 5.82. The Morgan fingerprint density at radius 1 is 1.50 bits per heavy atom. The Balaban J connectivity index is 2.30. The molecule has 70 valence electrons. The first-order valence-electron chi connectivity index (χ1n) is 4.74. The minimum Gasteiger partial charge on any atom is -0.353 e. The Hall–Kier alpha value is -0.570. The van der Waals surface area contributed by atoms with Crippen LogP contribution in [-0.2, 0) is 4.79 Å². The molecule has 3 heteroatoms. The molecule has 0 unspecified atom stereocenters. The zero-order valence-electron chi connectivity index (χ0n) is 7.89. The van der Waals surface area contributed by atoms with Crippen LogP contribution in [0.15, 0.2) is 0 Å². The van der Waals surface area contributed by atoms with Crippen molar-refractivity contribution in [2.45, 2.75) is 45.2 Å². The highest BCUT2D eigenvalue weighted by atomic mass is 16.2. The van der Waals surface area contributed by atoms with Crippen molar-refractivity contribution in [3.8, 4) is 0 Å². The van der Waals surface area contributed by atoms with E-state index in [4.69, 9.17) is 0 Å². The molecule has 0 radical (unpaired) electrons. The second-order valence-corrected chi connectivity index (χ2v) is 3.67. The van der Waals surface area contributed by atoms with Crippen molar-refractivity contribution in [3.05, 3.63) is 0 Å². The van der Waals surface area contributed by atoms with Crippen LogP contribution in [0.1, 0.15) is 33.1 Å². The second kappa shape index (κ2) is 4.45. The Bertz CT molecular complexity index is 151. The average Bonchev–Trinajstić information content (AvgIpc) is 2.05. The van der Waals surface area contributed by atoms with Gasteiger partial charge in [-0.25, -0.2) is 0 Å². The van der Waals surface area contributed by atoms with E-state index in [2.05, 4.69) is 10.6 Å². The summed E-state index contributed by atoms with van der Waals surface area (Å²) >= 11 is 0. The molecule has 1 heterocycles. The maximum atomic E-state index is 11.4. The molecule has 0 saturated carbocycles. The van der Waals surface area contributed by atoms with Gasteiger partial charge in [-0.1, -0.05) is 6.42 Å². The van der Waals surface area contributed by atoms with E-state index in [0.717, 1.165) is 13.0 Å². The maximum Gasteiger partial charge on any atom is 0.237 e. The van der Waals surface area contributed by atoms with Crippen LogP contribution in [0.25, 0.3) is 0 Å². The number of hydrogen-bond donors (Lipinski definition) is 2. The van der Waals surface area contributed by atoms with E-state index < -0.39 is 0 Å². The van der Waals surface area contributed by atoms with E-state index in [1.807, 2.05) is 13.8 Å². The van der Waals surface area contributed by atoms with Crippen LogP contribution in [0.2, 0.25) is 0 Å². The molecule has 1 amide bonds. The quantitative estimate of drug-likeness (QED) is 0.639. The van der Waals surface area contributed by atoms with Gasteiger partial charge in [-0.3, -0.25) is 4.79 Å². The van der Waals surface area contributed by atoms with Gasteiger partial charge >= 0.3 is 0 Å². The lowest BCUT2D eigenvalue weighted by Gasteiger charge is -2.23. The monoisotopic (exact) mass is 170 g/mol. The molecule has 1 aliphatic rings. The molecule has 1 fully saturated rings. The van der Waals surface area contributed by atoms with E-state index in [1.54, 1.807) is 0 Å². The van der Waals surface area contributed by atoms with Crippen molar-refractivity contribution in [3.63, 3.8) is 0 Å². The average molecular weight is 170 g/mol. The Morgan fingerprint density at radius 3 is 2.75 bits per heavy atom. The summed E-state index contributed by atoms with van der Waals surface area (Å²) in [7, 11) is 0. The van der Waals surface area contributed by atoms with Gasteiger partial charge in [-0.15, -0.1) is 0 Å². The van der Waals surface area contributed by atoms with Crippen LogP contribution < -0.4 is 10.6 Å². The molecule has 12 heavy (non-hydrogen) atoms. The predicted molar refractivity (Wildman–Crippen MR) is 48.9 cm³/mol. The number of amides is 1. The lowest BCUT2D eigenvalue weighted by molar-refractivity contribution is -0.124. The van der Waals surface area contributed by atoms with Crippen molar-refractivity contribution < 1.29 is 4.79 Å². The highest BCUT2D eigenvalue weighted by Gasteiger charge is 2.20. The number of carbonyl (C=O) groups excluding carboxylic acids is 1. The third kappa shape index (κ3) is 2.81. The molecule has 0 bridgehead atoms. The fourth-order valence-electron chi connectivity index (χ4n) is 1.46. The first kappa shape index (κ1) is 9.52. The summed E-state index contributed by atoms with van der Waals surface area (Å²) in [6, 6.07) is 0.308. The first-order valence-corrected chi connectivity index (χ1v) is 4.74. The summed E-state index contributed by atoms with van der Waals surface area (Å²) in [5, 5.41) is 6.12. The molecule has 1 atom stereocenters. The van der Waals surface area contributed by atoms with Gasteiger partial charge < -0.3 is 10.6 Å². The Kier molecular flexibility index (Phi) is 3.53. The summed E-state index contributed by atoms with van der Waals surface area (Å²) in [4.78, 5) is 11.4. The summed E-state index contributed by atoms with van der Waals surface area (Å²) < 4.78 is 0. The van der Waals surface area contributed by atoms with E-state index in [-0.39, 0.29) is 18.0 Å². The largest absolute Gasteiger partial charge is 0.353 e. The zero-order valence-corrected chi connectivity index (χ0v) is 7.89. The number of hydrogen-bond acceptors (Lipinski definition) is 2. The van der Waals surface area contributed by atoms with E-state index in [0.29, 0.717) is 0 Å². The van der Waals surface area contributed by atoms with Gasteiger partial charge in [0.1, 0.15) is 0 Å². The summed E-state index contributed by atoms with van der Waals surface area (Å²) in [6.45, 7) is 4.96. The number of nitrogens with one attached hydrogen (secondary N) is 2. The molecule has 2 N–H and O–H groups in total. The first-order chi connectivity index (χ1) is 5.70. The Labute approximate surface area is 73.9 Å². The number of rotatable bonds is 2. The molecular formula is C9H18N2O. The third-order valence-electron chi connectivity index (χ3n) is 2.06. The van der Waals surface area contributed by atoms with E-state index >= 15 is 0 Å². The SMILES string of the molecule is CC(C)NC(=O)[C@@H]1CCCCN1. The Morgan fingerprint density at radius 2 is 2.25 bits per heavy atom. The minimum atomic E-state index is 0.0566. The molecule has 0 aromatic heterocycles. The van der Waals surface area contributed by atoms with Gasteiger partial charge in [-0.05, 0) is 33.2 Å². The normalized spacial score (nSPS) is 24.1. The van der Waals surface area contributed by atoms with Crippen molar-refractivity contribution in [1.29, 1.82) is 0 Å². The smallest absolute Gasteiger partial charge is 0.237 e. The van der Waals surface area contributed by atoms with Crippen LogP contribution in [-0.4, -0.2) is 24.5 Å². The predicted octanol–water partition coefficient (Wildman–Crippen LogP) is 0.653. The third-order valence-corrected chi connectivity index (χ3v) is 2.06. The molecule has 0 aromatic rings. The number of piperidine rings is 1. The molecule has 0 aromatic carbocycles. The molecule has 1 rings (SSSR count). The van der Waals surface area contributed by atoms with E-state index in [1.165, 1.54) is 12.8 Å². The lowest BCUT2D eigenvalue weighted by atomic mass is 10.0. The second-order valence-electron chi connectivity index (χ2n) is 3.67. The summed E-state index contributed by atoms with van der Waals surface area (Å²) in [6.07, 6.45) is 3.35. The molecule has 3 nitrogen and oxygen atoms in total. The van der Waals surface area contributed by atoms with Crippen molar-refractivity contribution in [2.24, 2.45) is 0 Å². The molecular weight excluding hydrogens is 152 g/mol. The zero-order chi connectivity index (χ0) is 8.97. The molecule has 1 saturated heterocycles. The van der Waals surface area contributed by atoms with Gasteiger partial charge in [0.15, 0.2) is 0 Å². The van der Waals surface area contributed by atoms with Crippen molar-refractivity contribution in [2.75, 3.05) is 6.54 Å². The summed E-state index contributed by atoms with van der Waals surface area (Å²) in [5.41, 5.74) is 0. The minimum absolute atomic E-state index is 0.0566. The van der Waals surface area contributed by atoms with Crippen LogP contribution in [0.5, 0.6) is 0 Å². The van der Waals surface area contributed by atoms with Crippen molar-refractivity contribution in [1.82, 2.24) is 10.6 Å². The maximum absolute atomic E-state index is 11.4. The van der Waals surface area contributed by atoms with Gasteiger partial charge in [0, 0.05) is 6.04 Å². The van der Waals surface area contributed by atoms with Crippen LogP contribution in [0.4, 0.5) is 0 Å². The molecule has 0 aliphatic carbocycles. The standard InChI is InChI=1S/C9H18N2O/c1-7(2)11-9(12)8-5-3-4-6-10-8/h7-8,10H,3-6H2,1-2H3,(H,11,12)/t8-/m0/s1. The lowest BCUT2D eigenvalue weighted by Crippen LogP contribution is -2.48. The van der Waals surface area contributed by atoms with E-state index in [9.17, 15) is 4.79 Å². The van der Waals surface area contributed by atoms with Crippen LogP contribution >= 0.6 is 0 Å². The van der Waals surface area contributed by atoms with Gasteiger partial charge in [0.05, 0.1) is 6.04 Å². The molecule has 1 aliphatic heterocycles. The fourth-order valence-corrected chi connectivity index (χ4v) is 1.46.